The van der Waals surface area contributed by atoms with E-state index in [2.05, 4.69) is 4.98 Å². The summed E-state index contributed by atoms with van der Waals surface area (Å²) in [6, 6.07) is 9.82. The van der Waals surface area contributed by atoms with E-state index < -0.39 is 0 Å². The molecule has 2 aromatic rings. The molecule has 5 nitrogen and oxygen atoms in total. The Kier molecular flexibility index (Phi) is 3.84. The maximum Gasteiger partial charge on any atom is 0.289 e. The molecule has 0 radical (unpaired) electrons. The van der Waals surface area contributed by atoms with E-state index in [4.69, 9.17) is 0 Å². The predicted molar refractivity (Wildman–Crippen MR) is 91.1 cm³/mol. The quantitative estimate of drug-likeness (QED) is 0.889. The molecule has 1 aromatic carbocycles. The van der Waals surface area contributed by atoms with E-state index in [1.807, 2.05) is 46.0 Å². The second kappa shape index (κ2) is 6.15. The van der Waals surface area contributed by atoms with E-state index in [-0.39, 0.29) is 17.7 Å². The van der Waals surface area contributed by atoms with Crippen LogP contribution in [0.15, 0.2) is 54.8 Å². The third kappa shape index (κ3) is 2.70. The summed E-state index contributed by atoms with van der Waals surface area (Å²) in [7, 11) is 0. The van der Waals surface area contributed by atoms with E-state index in [1.165, 1.54) is 0 Å². The number of rotatable bonds is 6. The largest absolute Gasteiger partial charge is 0.503 e. The Morgan fingerprint density at radius 1 is 1.17 bits per heavy atom. The van der Waals surface area contributed by atoms with Crippen LogP contribution in [-0.4, -0.2) is 38.1 Å². The second-order valence-electron chi connectivity index (χ2n) is 6.56. The molecule has 0 saturated heterocycles. The summed E-state index contributed by atoms with van der Waals surface area (Å²) in [6.07, 6.45) is 8.57. The molecule has 1 aliphatic heterocycles. The summed E-state index contributed by atoms with van der Waals surface area (Å²) in [5.41, 5.74) is 1.77. The minimum atomic E-state index is -0.226. The molecular weight excluding hydrogens is 302 g/mol. The van der Waals surface area contributed by atoms with Crippen LogP contribution >= 0.6 is 0 Å². The van der Waals surface area contributed by atoms with E-state index in [1.54, 1.807) is 12.5 Å². The molecule has 1 aromatic heterocycles. The Balaban J connectivity index is 1.54. The third-order valence-corrected chi connectivity index (χ3v) is 4.88. The van der Waals surface area contributed by atoms with Crippen molar-refractivity contribution in [2.45, 2.75) is 31.8 Å². The smallest absolute Gasteiger partial charge is 0.289 e. The highest BCUT2D eigenvalue weighted by Crippen LogP contribution is 2.46. The van der Waals surface area contributed by atoms with Crippen molar-refractivity contribution < 1.29 is 9.90 Å². The fourth-order valence-corrected chi connectivity index (χ4v) is 3.58. The number of amides is 1. The minimum Gasteiger partial charge on any atom is -0.503 e. The highest BCUT2D eigenvalue weighted by Gasteiger charge is 2.47. The summed E-state index contributed by atoms with van der Waals surface area (Å²) in [5, 5.41) is 10.5. The van der Waals surface area contributed by atoms with Crippen LogP contribution in [0, 0.1) is 5.92 Å². The minimum absolute atomic E-state index is 0.0164. The Morgan fingerprint density at radius 2 is 1.96 bits per heavy atom. The molecule has 0 bridgehead atoms. The maximum absolute atomic E-state index is 12.6. The first-order valence-electron chi connectivity index (χ1n) is 8.51. The van der Waals surface area contributed by atoms with Gasteiger partial charge in [0.1, 0.15) is 0 Å². The van der Waals surface area contributed by atoms with Crippen LogP contribution in [0.2, 0.25) is 0 Å². The van der Waals surface area contributed by atoms with Gasteiger partial charge in [-0.2, -0.15) is 0 Å². The summed E-state index contributed by atoms with van der Waals surface area (Å²) in [4.78, 5) is 18.5. The molecule has 1 unspecified atom stereocenters. The molecule has 1 aliphatic carbocycles. The van der Waals surface area contributed by atoms with Gasteiger partial charge in [-0.3, -0.25) is 4.79 Å². The van der Waals surface area contributed by atoms with E-state index in [0.717, 1.165) is 36.9 Å². The molecule has 2 heterocycles. The molecule has 124 valence electrons. The molecule has 4 rings (SSSR count). The highest BCUT2D eigenvalue weighted by molar-refractivity contribution is 6.05. The number of carbonyl (C=O) groups is 1. The van der Waals surface area contributed by atoms with Crippen LogP contribution in [0.25, 0.3) is 5.57 Å². The molecule has 0 spiro atoms. The summed E-state index contributed by atoms with van der Waals surface area (Å²) >= 11 is 0. The number of carbonyl (C=O) groups excluding carboxylic acids is 1. The van der Waals surface area contributed by atoms with Crippen molar-refractivity contribution in [1.29, 1.82) is 0 Å². The lowest BCUT2D eigenvalue weighted by molar-refractivity contribution is -0.129. The molecular formula is C19H21N3O2. The maximum atomic E-state index is 12.6. The van der Waals surface area contributed by atoms with E-state index in [0.29, 0.717) is 12.5 Å². The Labute approximate surface area is 141 Å². The number of aryl methyl sites for hydroxylation is 1. The zero-order valence-electron chi connectivity index (χ0n) is 13.5. The van der Waals surface area contributed by atoms with Crippen LogP contribution in [-0.2, 0) is 11.3 Å². The van der Waals surface area contributed by atoms with Crippen molar-refractivity contribution in [2.24, 2.45) is 5.92 Å². The number of benzene rings is 1. The summed E-state index contributed by atoms with van der Waals surface area (Å²) < 4.78 is 2.01. The first-order chi connectivity index (χ1) is 11.8. The second-order valence-corrected chi connectivity index (χ2v) is 6.56. The number of hydrogen-bond acceptors (Lipinski definition) is 3. The summed E-state index contributed by atoms with van der Waals surface area (Å²) in [5.74, 6) is 0.180. The SMILES string of the molecule is O=C1C(O)=C(c2ccccc2)C(C2CC2)N1CCCn1ccnc1. The van der Waals surface area contributed by atoms with Crippen LogP contribution in [0.1, 0.15) is 24.8 Å². The van der Waals surface area contributed by atoms with Crippen LogP contribution in [0.3, 0.4) is 0 Å². The highest BCUT2D eigenvalue weighted by atomic mass is 16.3. The van der Waals surface area contributed by atoms with E-state index in [9.17, 15) is 9.90 Å². The van der Waals surface area contributed by atoms with Gasteiger partial charge in [-0.05, 0) is 30.7 Å². The van der Waals surface area contributed by atoms with Gasteiger partial charge in [-0.15, -0.1) is 0 Å². The van der Waals surface area contributed by atoms with Crippen molar-refractivity contribution >= 4 is 11.5 Å². The number of hydrogen-bond donors (Lipinski definition) is 1. The third-order valence-electron chi connectivity index (χ3n) is 4.88. The average molecular weight is 323 g/mol. The van der Waals surface area contributed by atoms with Crippen molar-refractivity contribution in [3.8, 4) is 0 Å². The lowest BCUT2D eigenvalue weighted by atomic mass is 9.96. The van der Waals surface area contributed by atoms with Gasteiger partial charge in [0.05, 0.1) is 12.4 Å². The van der Waals surface area contributed by atoms with Gasteiger partial charge < -0.3 is 14.6 Å². The van der Waals surface area contributed by atoms with Gasteiger partial charge in [-0.1, -0.05) is 30.3 Å². The Morgan fingerprint density at radius 3 is 2.62 bits per heavy atom. The molecule has 5 heteroatoms. The Bertz CT molecular complexity index is 748. The van der Waals surface area contributed by atoms with Gasteiger partial charge in [0, 0.05) is 31.1 Å². The lowest BCUT2D eigenvalue weighted by Crippen LogP contribution is -2.38. The van der Waals surface area contributed by atoms with Crippen LogP contribution < -0.4 is 0 Å². The van der Waals surface area contributed by atoms with E-state index >= 15 is 0 Å². The predicted octanol–water partition coefficient (Wildman–Crippen LogP) is 2.86. The number of aromatic nitrogens is 2. The molecule has 1 fully saturated rings. The van der Waals surface area contributed by atoms with Crippen LogP contribution in [0.4, 0.5) is 0 Å². The molecule has 1 N–H and O–H groups in total. The van der Waals surface area contributed by atoms with Gasteiger partial charge in [-0.25, -0.2) is 4.98 Å². The monoisotopic (exact) mass is 323 g/mol. The number of aliphatic hydroxyl groups excluding tert-OH is 1. The van der Waals surface area contributed by atoms with Crippen molar-refractivity contribution in [1.82, 2.24) is 14.5 Å². The number of nitrogens with zero attached hydrogens (tertiary/aromatic N) is 3. The fraction of sp³-hybridized carbons (Fsp3) is 0.368. The van der Waals surface area contributed by atoms with Gasteiger partial charge in [0.25, 0.3) is 5.91 Å². The number of imidazole rings is 1. The summed E-state index contributed by atoms with van der Waals surface area (Å²) in [6.45, 7) is 1.47. The first-order valence-corrected chi connectivity index (χ1v) is 8.51. The van der Waals surface area contributed by atoms with Gasteiger partial charge >= 0.3 is 0 Å². The van der Waals surface area contributed by atoms with Gasteiger partial charge in [0.15, 0.2) is 5.76 Å². The molecule has 1 amide bonds. The zero-order chi connectivity index (χ0) is 16.5. The first kappa shape index (κ1) is 15.0. The normalized spacial score (nSPS) is 20.9. The molecule has 1 atom stereocenters. The zero-order valence-corrected chi connectivity index (χ0v) is 13.5. The lowest BCUT2D eigenvalue weighted by Gasteiger charge is -2.27. The standard InChI is InChI=1S/C19H21N3O2/c23-18-16(14-5-2-1-3-6-14)17(15-7-8-15)22(19(18)24)11-4-10-21-12-9-20-13-21/h1-3,5-6,9,12-13,15,17,23H,4,7-8,10-11H2. The van der Waals surface area contributed by atoms with Crippen molar-refractivity contribution in [3.05, 3.63) is 60.4 Å². The molecule has 24 heavy (non-hydrogen) atoms. The fourth-order valence-electron chi connectivity index (χ4n) is 3.58. The van der Waals surface area contributed by atoms with Gasteiger partial charge in [0.2, 0.25) is 0 Å². The topological polar surface area (TPSA) is 58.4 Å². The van der Waals surface area contributed by atoms with Crippen molar-refractivity contribution in [2.75, 3.05) is 6.54 Å². The molecule has 1 saturated carbocycles. The van der Waals surface area contributed by atoms with Crippen LogP contribution in [0.5, 0.6) is 0 Å². The average Bonchev–Trinajstić information content (AvgIpc) is 3.25. The Hall–Kier alpha value is -2.56. The molecule has 2 aliphatic rings. The number of aliphatic hydroxyl groups is 1. The van der Waals surface area contributed by atoms with Crippen molar-refractivity contribution in [3.63, 3.8) is 0 Å².